The highest BCUT2D eigenvalue weighted by Crippen LogP contribution is 2.57. The van der Waals surface area contributed by atoms with E-state index < -0.39 is 23.3 Å². The molecule has 4 atom stereocenters. The minimum atomic E-state index is -0.865. The third-order valence-corrected chi connectivity index (χ3v) is 5.85. The summed E-state index contributed by atoms with van der Waals surface area (Å²) in [5.41, 5.74) is 1.68. The number of terminal acetylenes is 1. The van der Waals surface area contributed by atoms with E-state index in [1.54, 1.807) is 0 Å². The predicted molar refractivity (Wildman–Crippen MR) is 89.5 cm³/mol. The monoisotopic (exact) mass is 317 g/mol. The summed E-state index contributed by atoms with van der Waals surface area (Å²) in [4.78, 5) is 24.7. The van der Waals surface area contributed by atoms with Crippen LogP contribution >= 0.6 is 0 Å². The number of hydrogen-bond donors (Lipinski definition) is 2. The van der Waals surface area contributed by atoms with Crippen molar-refractivity contribution >= 4 is 11.9 Å². The summed E-state index contributed by atoms with van der Waals surface area (Å²) in [6.45, 7) is 7.93. The molecular weight excluding hydrogens is 290 g/mol. The molecule has 2 N–H and O–H groups in total. The molecule has 2 aliphatic rings. The van der Waals surface area contributed by atoms with Crippen LogP contribution in [-0.4, -0.2) is 22.5 Å². The lowest BCUT2D eigenvalue weighted by Gasteiger charge is -2.32. The summed E-state index contributed by atoms with van der Waals surface area (Å²) in [5.74, 6) is 0.577. The van der Waals surface area contributed by atoms with E-state index in [1.165, 1.54) is 5.57 Å². The van der Waals surface area contributed by atoms with Crippen molar-refractivity contribution in [2.24, 2.45) is 23.7 Å². The third kappa shape index (κ3) is 2.78. The van der Waals surface area contributed by atoms with Crippen molar-refractivity contribution in [1.29, 1.82) is 0 Å². The number of aliphatic carboxylic acids is 1. The second-order valence-electron chi connectivity index (χ2n) is 7.06. The molecule has 1 amide bonds. The van der Waals surface area contributed by atoms with Gasteiger partial charge in [-0.3, -0.25) is 9.59 Å². The van der Waals surface area contributed by atoms with Crippen LogP contribution in [0.15, 0.2) is 11.1 Å². The molecule has 4 nitrogen and oxygen atoms in total. The van der Waals surface area contributed by atoms with E-state index >= 15 is 0 Å². The molecule has 0 heterocycles. The standard InChI is InChI=1S/C19H27NO3/c1-6-19(7-2,8-3)20-17(21)15-12-9-10-13(14(12)11(4)5)16(15)18(22)23/h1,12-13,15-16H,7-10H2,2-5H3,(H,20,21)(H,22,23)/t12-,13-,15+,16+/m0/s1. The maximum atomic E-state index is 12.9. The Morgan fingerprint density at radius 1 is 1.22 bits per heavy atom. The van der Waals surface area contributed by atoms with Gasteiger partial charge in [-0.25, -0.2) is 0 Å². The van der Waals surface area contributed by atoms with Crippen LogP contribution in [0, 0.1) is 36.0 Å². The van der Waals surface area contributed by atoms with Gasteiger partial charge in [0.1, 0.15) is 5.54 Å². The first-order chi connectivity index (χ1) is 10.8. The molecule has 0 unspecified atom stereocenters. The highest BCUT2D eigenvalue weighted by Gasteiger charge is 2.57. The number of rotatable bonds is 5. The number of allylic oxidation sites excluding steroid dienone is 2. The summed E-state index contributed by atoms with van der Waals surface area (Å²) in [7, 11) is 0. The molecule has 2 saturated carbocycles. The molecular formula is C19H27NO3. The summed E-state index contributed by atoms with van der Waals surface area (Å²) < 4.78 is 0. The maximum Gasteiger partial charge on any atom is 0.307 e. The minimum absolute atomic E-state index is 0.00161. The SMILES string of the molecule is C#CC(CC)(CC)NC(=O)[C@H]1[C@H](C(=O)O)[C@H]2CC[C@H]1C2=C(C)C. The van der Waals surface area contributed by atoms with Crippen LogP contribution in [0.4, 0.5) is 0 Å². The second-order valence-corrected chi connectivity index (χ2v) is 7.06. The molecule has 0 aromatic rings. The van der Waals surface area contributed by atoms with Crippen LogP contribution in [0.3, 0.4) is 0 Å². The van der Waals surface area contributed by atoms with Crippen molar-refractivity contribution < 1.29 is 14.7 Å². The molecule has 23 heavy (non-hydrogen) atoms. The molecule has 0 saturated heterocycles. The summed E-state index contributed by atoms with van der Waals surface area (Å²) in [6.07, 6.45) is 8.67. The van der Waals surface area contributed by atoms with E-state index in [9.17, 15) is 14.7 Å². The van der Waals surface area contributed by atoms with Gasteiger partial charge in [-0.15, -0.1) is 6.42 Å². The first kappa shape index (κ1) is 17.6. The van der Waals surface area contributed by atoms with Gasteiger partial charge >= 0.3 is 5.97 Å². The molecule has 0 aromatic carbocycles. The van der Waals surface area contributed by atoms with Crippen molar-refractivity contribution in [3.8, 4) is 12.3 Å². The highest BCUT2D eigenvalue weighted by molar-refractivity contribution is 5.88. The predicted octanol–water partition coefficient (Wildman–Crippen LogP) is 2.99. The summed E-state index contributed by atoms with van der Waals surface area (Å²) >= 11 is 0. The third-order valence-electron chi connectivity index (χ3n) is 5.85. The van der Waals surface area contributed by atoms with Crippen molar-refractivity contribution in [1.82, 2.24) is 5.32 Å². The van der Waals surface area contributed by atoms with Crippen LogP contribution in [0.1, 0.15) is 53.4 Å². The minimum Gasteiger partial charge on any atom is -0.481 e. The van der Waals surface area contributed by atoms with Crippen molar-refractivity contribution in [2.45, 2.75) is 58.9 Å². The highest BCUT2D eigenvalue weighted by atomic mass is 16.4. The van der Waals surface area contributed by atoms with Crippen LogP contribution in [-0.2, 0) is 9.59 Å². The van der Waals surface area contributed by atoms with E-state index in [4.69, 9.17) is 6.42 Å². The molecule has 126 valence electrons. The van der Waals surface area contributed by atoms with Gasteiger partial charge in [-0.05, 0) is 51.4 Å². The van der Waals surface area contributed by atoms with E-state index in [2.05, 4.69) is 11.2 Å². The summed E-state index contributed by atoms with van der Waals surface area (Å²) in [6, 6.07) is 0. The molecule has 2 fully saturated rings. The number of fused-ring (bicyclic) bond motifs is 2. The van der Waals surface area contributed by atoms with Gasteiger partial charge in [-0.1, -0.05) is 30.9 Å². The van der Waals surface area contributed by atoms with E-state index in [-0.39, 0.29) is 17.7 Å². The van der Waals surface area contributed by atoms with Gasteiger partial charge in [0.05, 0.1) is 11.8 Å². The smallest absolute Gasteiger partial charge is 0.307 e. The zero-order valence-corrected chi connectivity index (χ0v) is 14.5. The second kappa shape index (κ2) is 6.39. The van der Waals surface area contributed by atoms with Gasteiger partial charge in [0, 0.05) is 0 Å². The maximum absolute atomic E-state index is 12.9. The van der Waals surface area contributed by atoms with Crippen LogP contribution in [0.25, 0.3) is 0 Å². The Labute approximate surface area is 138 Å². The molecule has 0 aliphatic heterocycles. The van der Waals surface area contributed by atoms with E-state index in [1.807, 2.05) is 27.7 Å². The van der Waals surface area contributed by atoms with Crippen LogP contribution < -0.4 is 5.32 Å². The van der Waals surface area contributed by atoms with Gasteiger partial charge in [0.25, 0.3) is 0 Å². The number of carbonyl (C=O) groups is 2. The average molecular weight is 317 g/mol. The lowest BCUT2D eigenvalue weighted by molar-refractivity contribution is -0.149. The van der Waals surface area contributed by atoms with Crippen LogP contribution in [0.2, 0.25) is 0 Å². The fourth-order valence-electron chi connectivity index (χ4n) is 4.59. The quantitative estimate of drug-likeness (QED) is 0.605. The molecule has 2 bridgehead atoms. The van der Waals surface area contributed by atoms with Gasteiger partial charge in [0.15, 0.2) is 0 Å². The zero-order chi connectivity index (χ0) is 17.4. The van der Waals surface area contributed by atoms with Gasteiger partial charge in [0.2, 0.25) is 5.91 Å². The van der Waals surface area contributed by atoms with E-state index in [0.717, 1.165) is 18.4 Å². The van der Waals surface area contributed by atoms with Crippen molar-refractivity contribution in [3.05, 3.63) is 11.1 Å². The normalized spacial score (nSPS) is 29.3. The fourth-order valence-corrected chi connectivity index (χ4v) is 4.59. The van der Waals surface area contributed by atoms with Crippen LogP contribution in [0.5, 0.6) is 0 Å². The zero-order valence-electron chi connectivity index (χ0n) is 14.5. The molecule has 0 aromatic heterocycles. The molecule has 4 heteroatoms. The Bertz CT molecular complexity index is 576. The molecule has 2 rings (SSSR count). The largest absolute Gasteiger partial charge is 0.481 e. The lowest BCUT2D eigenvalue weighted by atomic mass is 9.78. The fraction of sp³-hybridized carbons (Fsp3) is 0.684. The Morgan fingerprint density at radius 3 is 2.13 bits per heavy atom. The van der Waals surface area contributed by atoms with Crippen molar-refractivity contribution in [3.63, 3.8) is 0 Å². The Balaban J connectivity index is 2.34. The number of carboxylic acid groups (broad SMARTS) is 1. The molecule has 0 radical (unpaired) electrons. The van der Waals surface area contributed by atoms with Gasteiger partial charge < -0.3 is 10.4 Å². The first-order valence-corrected chi connectivity index (χ1v) is 8.51. The Hall–Kier alpha value is -1.76. The Morgan fingerprint density at radius 2 is 1.74 bits per heavy atom. The lowest BCUT2D eigenvalue weighted by Crippen LogP contribution is -2.51. The number of carboxylic acids is 1. The molecule has 0 spiro atoms. The topological polar surface area (TPSA) is 66.4 Å². The summed E-state index contributed by atoms with van der Waals surface area (Å²) in [5, 5.41) is 12.7. The number of hydrogen-bond acceptors (Lipinski definition) is 2. The van der Waals surface area contributed by atoms with E-state index in [0.29, 0.717) is 12.8 Å². The van der Waals surface area contributed by atoms with Gasteiger partial charge in [-0.2, -0.15) is 0 Å². The number of nitrogens with one attached hydrogen (secondary N) is 1. The number of carbonyl (C=O) groups excluding carboxylic acids is 1. The molecule has 2 aliphatic carbocycles. The first-order valence-electron chi connectivity index (χ1n) is 8.51. The Kier molecular flexibility index (Phi) is 4.89. The number of amides is 1. The van der Waals surface area contributed by atoms with Crippen molar-refractivity contribution in [2.75, 3.05) is 0 Å². The average Bonchev–Trinajstić information content (AvgIpc) is 3.08.